The molecule has 108 valence electrons. The Morgan fingerprint density at radius 3 is 1.50 bits per heavy atom. The van der Waals surface area contributed by atoms with Crippen LogP contribution < -0.4 is 34.6 Å². The Hall–Kier alpha value is -0.440. The van der Waals surface area contributed by atoms with Gasteiger partial charge in [-0.25, -0.2) is 0 Å². The topological polar surface area (TPSA) is 0 Å². The fourth-order valence-electron chi connectivity index (χ4n) is 2.02. The molecule has 0 bridgehead atoms. The van der Waals surface area contributed by atoms with Gasteiger partial charge < -0.3 is 28.5 Å². The standard InChI is InChI=1S/C17H23NP.HI/c1-18(2,3)14-15-19(16-10-6-4-7-11-16)17-12-8-5-9-13-17;/h4-13H,14-15H2,1-3H3;1H/q+1;/p-1. The third-order valence-corrected chi connectivity index (χ3v) is 5.62. The highest BCUT2D eigenvalue weighted by Crippen LogP contribution is 2.33. The lowest BCUT2D eigenvalue weighted by molar-refractivity contribution is -0.867. The van der Waals surface area contributed by atoms with Crippen molar-refractivity contribution >= 4 is 18.5 Å². The summed E-state index contributed by atoms with van der Waals surface area (Å²) in [5.74, 6) is 0. The van der Waals surface area contributed by atoms with Crippen LogP contribution in [0.1, 0.15) is 0 Å². The summed E-state index contributed by atoms with van der Waals surface area (Å²) < 4.78 is 1.03. The van der Waals surface area contributed by atoms with E-state index in [1.807, 2.05) is 0 Å². The Labute approximate surface area is 141 Å². The zero-order valence-corrected chi connectivity index (χ0v) is 15.5. The zero-order valence-electron chi connectivity index (χ0n) is 12.5. The molecule has 20 heavy (non-hydrogen) atoms. The fourth-order valence-corrected chi connectivity index (χ4v) is 4.70. The zero-order chi connectivity index (χ0) is 13.7. The van der Waals surface area contributed by atoms with Crippen molar-refractivity contribution in [3.8, 4) is 0 Å². The Bertz CT molecular complexity index is 454. The van der Waals surface area contributed by atoms with E-state index in [4.69, 9.17) is 0 Å². The van der Waals surface area contributed by atoms with Crippen LogP contribution in [0.3, 0.4) is 0 Å². The van der Waals surface area contributed by atoms with E-state index < -0.39 is 0 Å². The summed E-state index contributed by atoms with van der Waals surface area (Å²) in [6, 6.07) is 21.9. The van der Waals surface area contributed by atoms with Crippen LogP contribution in [0, 0.1) is 0 Å². The van der Waals surface area contributed by atoms with Gasteiger partial charge >= 0.3 is 0 Å². The first kappa shape index (κ1) is 17.6. The molecule has 0 aliphatic rings. The summed E-state index contributed by atoms with van der Waals surface area (Å²) in [4.78, 5) is 0. The van der Waals surface area contributed by atoms with Crippen LogP contribution in [0.4, 0.5) is 0 Å². The van der Waals surface area contributed by atoms with Crippen molar-refractivity contribution in [2.45, 2.75) is 0 Å². The van der Waals surface area contributed by atoms with Crippen LogP contribution >= 0.6 is 7.92 Å². The largest absolute Gasteiger partial charge is 1.00 e. The van der Waals surface area contributed by atoms with Gasteiger partial charge in [-0.1, -0.05) is 60.7 Å². The summed E-state index contributed by atoms with van der Waals surface area (Å²) in [7, 11) is 6.57. The SMILES string of the molecule is C[N+](C)(C)CCP(c1ccccc1)c1ccccc1.[I-]. The number of halogens is 1. The number of hydrogen-bond donors (Lipinski definition) is 0. The van der Waals surface area contributed by atoms with E-state index in [1.54, 1.807) is 0 Å². The van der Waals surface area contributed by atoms with E-state index in [2.05, 4.69) is 81.8 Å². The molecule has 0 fully saturated rings. The lowest BCUT2D eigenvalue weighted by Crippen LogP contribution is -3.00. The van der Waals surface area contributed by atoms with Crippen LogP contribution in [0.25, 0.3) is 0 Å². The molecule has 0 heterocycles. The molecule has 0 aliphatic heterocycles. The third kappa shape index (κ3) is 5.51. The predicted molar refractivity (Wildman–Crippen MR) is 86.8 cm³/mol. The van der Waals surface area contributed by atoms with Crippen LogP contribution in [0.15, 0.2) is 60.7 Å². The fraction of sp³-hybridized carbons (Fsp3) is 0.294. The van der Waals surface area contributed by atoms with Crippen LogP contribution in [-0.4, -0.2) is 38.3 Å². The highest BCUT2D eigenvalue weighted by molar-refractivity contribution is 7.73. The minimum atomic E-state index is -0.231. The Kier molecular flexibility index (Phi) is 7.14. The molecular weight excluding hydrogens is 376 g/mol. The lowest BCUT2D eigenvalue weighted by Gasteiger charge is -2.27. The first-order valence-electron chi connectivity index (χ1n) is 6.74. The molecule has 0 N–H and O–H groups in total. The molecule has 0 amide bonds. The molecule has 0 radical (unpaired) electrons. The molecule has 2 aromatic carbocycles. The summed E-state index contributed by atoms with van der Waals surface area (Å²) in [5.41, 5.74) is 0. The molecule has 0 saturated heterocycles. The van der Waals surface area contributed by atoms with Crippen molar-refractivity contribution in [2.24, 2.45) is 0 Å². The van der Waals surface area contributed by atoms with Gasteiger partial charge in [0.2, 0.25) is 0 Å². The smallest absolute Gasteiger partial charge is 0.0826 e. The van der Waals surface area contributed by atoms with Crippen molar-refractivity contribution in [2.75, 3.05) is 33.8 Å². The van der Waals surface area contributed by atoms with Crippen LogP contribution in [0.2, 0.25) is 0 Å². The van der Waals surface area contributed by atoms with Crippen LogP contribution in [0.5, 0.6) is 0 Å². The predicted octanol–water partition coefficient (Wildman–Crippen LogP) is -0.170. The molecule has 0 unspecified atom stereocenters. The highest BCUT2D eigenvalue weighted by atomic mass is 127. The van der Waals surface area contributed by atoms with Crippen molar-refractivity contribution < 1.29 is 28.5 Å². The minimum Gasteiger partial charge on any atom is -1.00 e. The van der Waals surface area contributed by atoms with Gasteiger partial charge in [0.05, 0.1) is 27.7 Å². The molecule has 0 saturated carbocycles. The van der Waals surface area contributed by atoms with Crippen molar-refractivity contribution in [1.82, 2.24) is 0 Å². The van der Waals surface area contributed by atoms with Gasteiger partial charge in [-0.2, -0.15) is 0 Å². The Morgan fingerprint density at radius 2 is 1.15 bits per heavy atom. The molecule has 2 rings (SSSR count). The second-order valence-corrected chi connectivity index (χ2v) is 8.17. The Balaban J connectivity index is 0.00000200. The van der Waals surface area contributed by atoms with Gasteiger partial charge in [-0.15, -0.1) is 0 Å². The second-order valence-electron chi connectivity index (χ2n) is 5.84. The molecular formula is C17H23INP. The second kappa shape index (κ2) is 8.11. The van der Waals surface area contributed by atoms with Gasteiger partial charge in [0.25, 0.3) is 0 Å². The number of nitrogens with zero attached hydrogens (tertiary/aromatic N) is 1. The van der Waals surface area contributed by atoms with Crippen molar-refractivity contribution in [3.63, 3.8) is 0 Å². The van der Waals surface area contributed by atoms with Gasteiger partial charge in [-0.3, -0.25) is 0 Å². The maximum absolute atomic E-state index is 2.27. The number of hydrogen-bond acceptors (Lipinski definition) is 0. The van der Waals surface area contributed by atoms with E-state index in [-0.39, 0.29) is 31.9 Å². The molecule has 3 heteroatoms. The minimum absolute atomic E-state index is 0. The van der Waals surface area contributed by atoms with Crippen LogP contribution in [-0.2, 0) is 0 Å². The summed E-state index contributed by atoms with van der Waals surface area (Å²) >= 11 is 0. The normalized spacial score (nSPS) is 11.2. The quantitative estimate of drug-likeness (QED) is 0.372. The molecule has 0 spiro atoms. The summed E-state index contributed by atoms with van der Waals surface area (Å²) in [5, 5.41) is 2.97. The van der Waals surface area contributed by atoms with E-state index in [1.165, 1.54) is 23.3 Å². The molecule has 1 nitrogen and oxygen atoms in total. The monoisotopic (exact) mass is 399 g/mol. The van der Waals surface area contributed by atoms with Gasteiger partial charge in [0, 0.05) is 6.16 Å². The summed E-state index contributed by atoms with van der Waals surface area (Å²) in [6.07, 6.45) is 1.24. The number of rotatable bonds is 5. The van der Waals surface area contributed by atoms with E-state index in [0.717, 1.165) is 4.48 Å². The summed E-state index contributed by atoms with van der Waals surface area (Å²) in [6.45, 7) is 1.20. The third-order valence-electron chi connectivity index (χ3n) is 3.13. The molecule has 0 aromatic heterocycles. The van der Waals surface area contributed by atoms with E-state index in [9.17, 15) is 0 Å². The number of benzene rings is 2. The molecule has 0 atom stereocenters. The first-order valence-corrected chi connectivity index (χ1v) is 8.27. The lowest BCUT2D eigenvalue weighted by atomic mass is 10.4. The maximum atomic E-state index is 2.27. The van der Waals surface area contributed by atoms with Crippen molar-refractivity contribution in [1.29, 1.82) is 0 Å². The maximum Gasteiger partial charge on any atom is 0.0826 e. The Morgan fingerprint density at radius 1 is 0.750 bits per heavy atom. The van der Waals surface area contributed by atoms with Gasteiger partial charge in [-0.05, 0) is 18.5 Å². The molecule has 2 aromatic rings. The highest BCUT2D eigenvalue weighted by Gasteiger charge is 2.17. The van der Waals surface area contributed by atoms with E-state index in [0.29, 0.717) is 0 Å². The molecule has 0 aliphatic carbocycles. The average Bonchev–Trinajstić information content (AvgIpc) is 2.40. The van der Waals surface area contributed by atoms with Gasteiger partial charge in [0.15, 0.2) is 0 Å². The van der Waals surface area contributed by atoms with Crippen molar-refractivity contribution in [3.05, 3.63) is 60.7 Å². The van der Waals surface area contributed by atoms with Gasteiger partial charge in [0.1, 0.15) is 0 Å². The average molecular weight is 399 g/mol. The first-order chi connectivity index (χ1) is 9.06. The number of quaternary nitrogens is 1. The van der Waals surface area contributed by atoms with E-state index >= 15 is 0 Å².